The van der Waals surface area contributed by atoms with E-state index in [1.165, 1.54) is 12.1 Å². The molecule has 26 heavy (non-hydrogen) atoms. The minimum absolute atomic E-state index is 0.0734. The van der Waals surface area contributed by atoms with Gasteiger partial charge < -0.3 is 19.1 Å². The summed E-state index contributed by atoms with van der Waals surface area (Å²) in [7, 11) is 0.733. The van der Waals surface area contributed by atoms with Gasteiger partial charge in [0.15, 0.2) is 0 Å². The van der Waals surface area contributed by atoms with Crippen LogP contribution in [0.25, 0.3) is 0 Å². The van der Waals surface area contributed by atoms with Gasteiger partial charge >= 0.3 is 5.97 Å². The summed E-state index contributed by atoms with van der Waals surface area (Å²) in [5.74, 6) is -1.51. The Morgan fingerprint density at radius 3 is 2.38 bits per heavy atom. The highest BCUT2D eigenvalue weighted by molar-refractivity contribution is 7.12. The Bertz CT molecular complexity index is 1200. The Morgan fingerprint density at radius 1 is 1.35 bits per heavy atom. The number of epoxide rings is 1. The van der Waals surface area contributed by atoms with Crippen LogP contribution >= 0.6 is 22.7 Å². The Labute approximate surface area is 175 Å². The number of aliphatic hydroxyl groups is 1. The number of carbonyl (C=O) groups excluding carboxylic acids is 1. The second-order valence-corrected chi connectivity index (χ2v) is 8.10. The second kappa shape index (κ2) is 5.62. The van der Waals surface area contributed by atoms with Crippen molar-refractivity contribution >= 4 is 28.6 Å². The average molecular weight is 404 g/mol. The standard InChI is InChI=1S/C19H22NO4S2/c1-20(2)12-9-11(10-13(20)17-16(12)24-17)23-18(21)19(22,14-5-3-7-25-14)15-6-4-8-26-15/h3-8,11-13,16-17,22H,9-10H2,1-2H3/q+1/i1D3,9D2,10D2,12D,13D,16D,17D. The molecule has 4 unspecified atom stereocenters. The highest BCUT2D eigenvalue weighted by atomic mass is 32.1. The predicted molar refractivity (Wildman–Crippen MR) is 99.1 cm³/mol. The van der Waals surface area contributed by atoms with Crippen LogP contribution in [0.4, 0.5) is 0 Å². The topological polar surface area (TPSA) is 59.1 Å². The number of esters is 1. The molecule has 2 aromatic rings. The van der Waals surface area contributed by atoms with E-state index in [9.17, 15) is 9.90 Å². The average Bonchev–Trinajstić information content (AvgIpc) is 3.31. The van der Waals surface area contributed by atoms with Crippen molar-refractivity contribution in [3.05, 3.63) is 44.8 Å². The molecule has 3 fully saturated rings. The van der Waals surface area contributed by atoms with Gasteiger partial charge in [-0.3, -0.25) is 0 Å². The third kappa shape index (κ3) is 2.28. The highest BCUT2D eigenvalue weighted by Gasteiger charge is 2.71. The number of thiophene rings is 2. The molecular formula is C19H22NO4S2+. The number of morpholine rings is 1. The van der Waals surface area contributed by atoms with E-state index in [0.29, 0.717) is 0 Å². The minimum atomic E-state index is -3.49. The summed E-state index contributed by atoms with van der Waals surface area (Å²) in [6, 6.07) is -0.729. The van der Waals surface area contributed by atoms with E-state index < -0.39 is 66.1 Å². The monoisotopic (exact) mass is 403 g/mol. The van der Waals surface area contributed by atoms with Gasteiger partial charge in [0.05, 0.1) is 33.4 Å². The molecule has 5 nitrogen and oxygen atoms in total. The molecule has 2 aromatic heterocycles. The summed E-state index contributed by atoms with van der Waals surface area (Å²) in [6.07, 6.45) is -15.6. The fourth-order valence-electron chi connectivity index (χ4n) is 3.12. The van der Waals surface area contributed by atoms with E-state index in [1.54, 1.807) is 22.9 Å². The quantitative estimate of drug-likeness (QED) is 0.484. The van der Waals surface area contributed by atoms with Crippen molar-refractivity contribution < 1.29 is 38.9 Å². The number of piperidine rings is 1. The van der Waals surface area contributed by atoms with Crippen LogP contribution < -0.4 is 0 Å². The molecule has 3 aliphatic rings. The van der Waals surface area contributed by atoms with Gasteiger partial charge in [0.25, 0.3) is 0 Å². The van der Waals surface area contributed by atoms with Crippen molar-refractivity contribution in [2.45, 2.75) is 48.6 Å². The van der Waals surface area contributed by atoms with Gasteiger partial charge in [0, 0.05) is 18.2 Å². The Kier molecular flexibility index (Phi) is 1.91. The number of ether oxygens (including phenoxy) is 2. The van der Waals surface area contributed by atoms with E-state index in [2.05, 4.69) is 0 Å². The number of hydrogen-bond donors (Lipinski definition) is 1. The number of fused-ring (bicyclic) bond motifs is 5. The molecule has 138 valence electrons. The molecule has 0 radical (unpaired) electrons. The molecule has 1 N–H and O–H groups in total. The molecule has 3 saturated heterocycles. The number of carbonyl (C=O) groups is 1. The molecule has 2 bridgehead atoms. The molecule has 0 amide bonds. The molecule has 4 atom stereocenters. The normalized spacial score (nSPS) is 59.9. The number of rotatable bonds is 4. The number of hydrogen-bond acceptors (Lipinski definition) is 6. The molecule has 3 aliphatic heterocycles. The van der Waals surface area contributed by atoms with Gasteiger partial charge in [-0.2, -0.15) is 0 Å². The lowest BCUT2D eigenvalue weighted by Crippen LogP contribution is -2.60. The largest absolute Gasteiger partial charge is 0.459 e. The summed E-state index contributed by atoms with van der Waals surface area (Å²) in [5, 5.41) is 14.7. The fraction of sp³-hybridized carbons (Fsp3) is 0.526. The van der Waals surface area contributed by atoms with Gasteiger partial charge in [-0.25, -0.2) is 4.79 Å². The van der Waals surface area contributed by atoms with Crippen molar-refractivity contribution in [1.29, 1.82) is 0 Å². The first-order valence-corrected chi connectivity index (χ1v) is 9.52. The maximum Gasteiger partial charge on any atom is 0.349 e. The first kappa shape index (κ1) is 8.84. The molecule has 5 rings (SSSR count). The maximum atomic E-state index is 13.6. The van der Waals surface area contributed by atoms with Crippen molar-refractivity contribution in [3.63, 3.8) is 0 Å². The molecule has 7 heteroatoms. The molecule has 0 spiro atoms. The van der Waals surface area contributed by atoms with Crippen LogP contribution in [0.5, 0.6) is 0 Å². The van der Waals surface area contributed by atoms with E-state index >= 15 is 0 Å². The summed E-state index contributed by atoms with van der Waals surface area (Å²) in [6.45, 7) is -3.45. The zero-order chi connectivity index (χ0) is 27.9. The van der Waals surface area contributed by atoms with E-state index in [-0.39, 0.29) is 9.75 Å². The lowest BCUT2D eigenvalue weighted by atomic mass is 9.95. The van der Waals surface area contributed by atoms with Gasteiger partial charge in [-0.15, -0.1) is 22.7 Å². The van der Waals surface area contributed by atoms with Crippen LogP contribution in [0, 0.1) is 0 Å². The van der Waals surface area contributed by atoms with Crippen LogP contribution in [0.2, 0.25) is 0 Å². The highest BCUT2D eigenvalue weighted by Crippen LogP contribution is 2.52. The lowest BCUT2D eigenvalue weighted by Gasteiger charge is -2.45. The second-order valence-electron chi connectivity index (χ2n) is 6.20. The predicted octanol–water partition coefficient (Wildman–Crippen LogP) is 2.35. The van der Waals surface area contributed by atoms with E-state index in [1.807, 2.05) is 0 Å². The maximum absolute atomic E-state index is 13.6. The number of nitrogens with zero attached hydrogens (tertiary/aromatic N) is 1. The summed E-state index contributed by atoms with van der Waals surface area (Å²) in [4.78, 5) is 13.7. The first-order chi connectivity index (χ1) is 16.7. The third-order valence-electron chi connectivity index (χ3n) is 4.50. The summed E-state index contributed by atoms with van der Waals surface area (Å²) < 4.78 is 103. The van der Waals surface area contributed by atoms with Crippen LogP contribution in [0.3, 0.4) is 0 Å². The van der Waals surface area contributed by atoms with Gasteiger partial charge in [-0.1, -0.05) is 12.1 Å². The molecule has 5 heterocycles. The van der Waals surface area contributed by atoms with Gasteiger partial charge in [0.1, 0.15) is 30.3 Å². The van der Waals surface area contributed by atoms with E-state index in [0.717, 1.165) is 29.7 Å². The fourth-order valence-corrected chi connectivity index (χ4v) is 4.84. The minimum Gasteiger partial charge on any atom is -0.459 e. The van der Waals surface area contributed by atoms with Gasteiger partial charge in [0.2, 0.25) is 5.60 Å². The third-order valence-corrected chi connectivity index (χ3v) is 6.46. The first-order valence-electron chi connectivity index (χ1n) is 13.3. The van der Waals surface area contributed by atoms with E-state index in [4.69, 9.17) is 24.6 Å². The Hall–Kier alpha value is -1.25. The zero-order valence-corrected chi connectivity index (χ0v) is 15.1. The molecular weight excluding hydrogens is 370 g/mol. The molecule has 0 aliphatic carbocycles. The zero-order valence-electron chi connectivity index (χ0n) is 24.5. The lowest BCUT2D eigenvalue weighted by molar-refractivity contribution is -0.938. The smallest absolute Gasteiger partial charge is 0.349 e. The summed E-state index contributed by atoms with van der Waals surface area (Å²) in [5.41, 5.74) is -2.51. The van der Waals surface area contributed by atoms with Crippen molar-refractivity contribution in [1.82, 2.24) is 0 Å². The van der Waals surface area contributed by atoms with Crippen LogP contribution in [-0.4, -0.2) is 59.9 Å². The Morgan fingerprint density at radius 2 is 1.92 bits per heavy atom. The molecule has 0 saturated carbocycles. The SMILES string of the molecule is [2H]C1([2H])C(OC(=O)C(O)(c2cccs2)c2cccs2)C([2H])([2H])C2([2H])C3([2H])OC3([2H])C1([2H])[N+]2(C)C([2H])([2H])[2H]. The van der Waals surface area contributed by atoms with Gasteiger partial charge in [-0.05, 0) is 22.9 Å². The van der Waals surface area contributed by atoms with Crippen LogP contribution in [0.15, 0.2) is 35.0 Å². The number of likely N-dealkylation sites (N-methyl/N-ethyl adjacent to an activating group) is 1. The van der Waals surface area contributed by atoms with Crippen molar-refractivity contribution in [2.24, 2.45) is 0 Å². The van der Waals surface area contributed by atoms with Crippen molar-refractivity contribution in [2.75, 3.05) is 14.0 Å². The number of quaternary nitrogens is 1. The summed E-state index contributed by atoms with van der Waals surface area (Å²) >= 11 is 1.95. The van der Waals surface area contributed by atoms with Crippen molar-refractivity contribution in [3.8, 4) is 0 Å². The Balaban J connectivity index is 1.70. The van der Waals surface area contributed by atoms with Crippen LogP contribution in [0.1, 0.15) is 37.6 Å². The molecule has 0 aromatic carbocycles. The van der Waals surface area contributed by atoms with Crippen LogP contribution in [-0.2, 0) is 19.9 Å².